The number of amides is 2. The summed E-state index contributed by atoms with van der Waals surface area (Å²) in [6.07, 6.45) is 0. The third kappa shape index (κ3) is 3.14. The highest BCUT2D eigenvalue weighted by Gasteiger charge is 2.16. The second kappa shape index (κ2) is 6.22. The van der Waals surface area contributed by atoms with Crippen molar-refractivity contribution in [2.24, 2.45) is 0 Å². The predicted octanol–water partition coefficient (Wildman–Crippen LogP) is 2.09. The molecule has 0 aliphatic carbocycles. The van der Waals surface area contributed by atoms with Gasteiger partial charge in [-0.15, -0.1) is 0 Å². The minimum absolute atomic E-state index is 0.143. The maximum Gasteiger partial charge on any atom is 0.269 e. The molecular weight excluding hydrogens is 399 g/mol. The molecule has 112 valence electrons. The molecule has 2 aromatic rings. The topological polar surface area (TPSA) is 76.7 Å². The van der Waals surface area contributed by atoms with Crippen LogP contribution in [0.3, 0.4) is 0 Å². The number of benzene rings is 2. The number of hydrogen-bond donors (Lipinski definition) is 2. The van der Waals surface area contributed by atoms with Gasteiger partial charge in [-0.25, -0.2) is 0 Å². The van der Waals surface area contributed by atoms with Gasteiger partial charge in [0.2, 0.25) is 6.79 Å². The van der Waals surface area contributed by atoms with Crippen LogP contribution in [0.25, 0.3) is 0 Å². The molecule has 7 heteroatoms. The molecule has 3 rings (SSSR count). The number of fused-ring (bicyclic) bond motifs is 1. The van der Waals surface area contributed by atoms with Gasteiger partial charge < -0.3 is 9.47 Å². The molecule has 0 bridgehead atoms. The van der Waals surface area contributed by atoms with Crippen LogP contribution in [-0.4, -0.2) is 18.6 Å². The van der Waals surface area contributed by atoms with Crippen molar-refractivity contribution >= 4 is 34.4 Å². The number of halogens is 1. The van der Waals surface area contributed by atoms with Crippen molar-refractivity contribution in [3.05, 3.63) is 57.2 Å². The fourth-order valence-corrected chi connectivity index (χ4v) is 2.47. The zero-order chi connectivity index (χ0) is 15.5. The quantitative estimate of drug-likeness (QED) is 0.588. The van der Waals surface area contributed by atoms with Crippen LogP contribution in [0.1, 0.15) is 20.7 Å². The minimum atomic E-state index is -0.433. The largest absolute Gasteiger partial charge is 0.454 e. The Morgan fingerprint density at radius 3 is 2.32 bits per heavy atom. The van der Waals surface area contributed by atoms with E-state index in [0.29, 0.717) is 22.6 Å². The predicted molar refractivity (Wildman–Crippen MR) is 86.7 cm³/mol. The molecule has 22 heavy (non-hydrogen) atoms. The normalized spacial score (nSPS) is 11.9. The summed E-state index contributed by atoms with van der Waals surface area (Å²) in [5, 5.41) is 0. The summed E-state index contributed by atoms with van der Waals surface area (Å²) in [6.45, 7) is 0.143. The number of hydrazine groups is 1. The van der Waals surface area contributed by atoms with Crippen LogP contribution in [0.2, 0.25) is 0 Å². The lowest BCUT2D eigenvalue weighted by Gasteiger charge is -2.08. The van der Waals surface area contributed by atoms with E-state index in [0.717, 1.165) is 3.57 Å². The lowest BCUT2D eigenvalue weighted by molar-refractivity contribution is 0.0846. The van der Waals surface area contributed by atoms with Crippen LogP contribution in [0.5, 0.6) is 11.5 Å². The highest BCUT2D eigenvalue weighted by atomic mass is 127. The molecule has 2 N–H and O–H groups in total. The average Bonchev–Trinajstić information content (AvgIpc) is 2.99. The highest BCUT2D eigenvalue weighted by molar-refractivity contribution is 14.1. The SMILES string of the molecule is O=C(NNC(=O)c1ccc2c(c1)OCO2)c1cccc(I)c1. The van der Waals surface area contributed by atoms with Crippen molar-refractivity contribution in [1.29, 1.82) is 0 Å². The van der Waals surface area contributed by atoms with E-state index in [2.05, 4.69) is 33.4 Å². The molecule has 0 saturated carbocycles. The maximum absolute atomic E-state index is 12.0. The van der Waals surface area contributed by atoms with Gasteiger partial charge in [-0.05, 0) is 59.0 Å². The van der Waals surface area contributed by atoms with E-state index in [1.165, 1.54) is 0 Å². The maximum atomic E-state index is 12.0. The number of nitrogens with one attached hydrogen (secondary N) is 2. The summed E-state index contributed by atoms with van der Waals surface area (Å²) in [7, 11) is 0. The van der Waals surface area contributed by atoms with Crippen LogP contribution in [-0.2, 0) is 0 Å². The Morgan fingerprint density at radius 2 is 1.59 bits per heavy atom. The van der Waals surface area contributed by atoms with Crippen molar-refractivity contribution in [2.75, 3.05) is 6.79 Å². The van der Waals surface area contributed by atoms with Crippen LogP contribution < -0.4 is 20.3 Å². The Hall–Kier alpha value is -2.29. The monoisotopic (exact) mass is 410 g/mol. The molecule has 2 aromatic carbocycles. The van der Waals surface area contributed by atoms with E-state index in [-0.39, 0.29) is 12.7 Å². The Balaban J connectivity index is 1.64. The first kappa shape index (κ1) is 14.6. The van der Waals surface area contributed by atoms with Gasteiger partial charge in [0.1, 0.15) is 0 Å². The zero-order valence-corrected chi connectivity index (χ0v) is 13.4. The fourth-order valence-electron chi connectivity index (χ4n) is 1.93. The van der Waals surface area contributed by atoms with E-state index in [4.69, 9.17) is 9.47 Å². The molecule has 0 radical (unpaired) electrons. The number of carbonyl (C=O) groups is 2. The number of rotatable bonds is 2. The first-order valence-corrected chi connectivity index (χ1v) is 7.47. The van der Waals surface area contributed by atoms with Gasteiger partial charge >= 0.3 is 0 Å². The molecular formula is C15H11IN2O4. The third-order valence-corrected chi connectivity index (χ3v) is 3.68. The standard InChI is InChI=1S/C15H11IN2O4/c16-11-3-1-2-9(6-11)14(19)17-18-15(20)10-4-5-12-13(7-10)22-8-21-12/h1-7H,8H2,(H,17,19)(H,18,20). The molecule has 0 aromatic heterocycles. The first-order chi connectivity index (χ1) is 10.6. The second-order valence-corrected chi connectivity index (χ2v) is 5.73. The zero-order valence-electron chi connectivity index (χ0n) is 11.3. The van der Waals surface area contributed by atoms with Crippen LogP contribution >= 0.6 is 22.6 Å². The molecule has 0 saturated heterocycles. The van der Waals surface area contributed by atoms with E-state index in [1.807, 2.05) is 6.07 Å². The summed E-state index contributed by atoms with van der Waals surface area (Å²) >= 11 is 2.11. The average molecular weight is 410 g/mol. The third-order valence-electron chi connectivity index (χ3n) is 3.01. The van der Waals surface area contributed by atoms with Gasteiger partial charge in [0.05, 0.1) is 0 Å². The Morgan fingerprint density at radius 1 is 0.909 bits per heavy atom. The van der Waals surface area contributed by atoms with Gasteiger partial charge in [0.25, 0.3) is 11.8 Å². The second-order valence-electron chi connectivity index (χ2n) is 4.49. The lowest BCUT2D eigenvalue weighted by Crippen LogP contribution is -2.41. The summed E-state index contributed by atoms with van der Waals surface area (Å²) in [5.74, 6) is 0.293. The molecule has 0 fully saturated rings. The Labute approximate surface area is 139 Å². The summed E-state index contributed by atoms with van der Waals surface area (Å²) in [6, 6.07) is 11.9. The molecule has 1 aliphatic rings. The summed E-state index contributed by atoms with van der Waals surface area (Å²) in [4.78, 5) is 24.0. The van der Waals surface area contributed by atoms with Crippen molar-refractivity contribution < 1.29 is 19.1 Å². The van der Waals surface area contributed by atoms with Gasteiger partial charge in [-0.3, -0.25) is 20.4 Å². The van der Waals surface area contributed by atoms with E-state index >= 15 is 0 Å². The van der Waals surface area contributed by atoms with Crippen LogP contribution in [0.4, 0.5) is 0 Å². The molecule has 1 heterocycles. The Bertz CT molecular complexity index is 748. The summed E-state index contributed by atoms with van der Waals surface area (Å²) in [5.41, 5.74) is 5.59. The number of ether oxygens (including phenoxy) is 2. The van der Waals surface area contributed by atoms with Gasteiger partial charge in [0.15, 0.2) is 11.5 Å². The minimum Gasteiger partial charge on any atom is -0.454 e. The fraction of sp³-hybridized carbons (Fsp3) is 0.0667. The molecule has 6 nitrogen and oxygen atoms in total. The molecule has 0 atom stereocenters. The van der Waals surface area contributed by atoms with E-state index < -0.39 is 5.91 Å². The molecule has 1 aliphatic heterocycles. The van der Waals surface area contributed by atoms with Crippen LogP contribution in [0.15, 0.2) is 42.5 Å². The molecule has 0 unspecified atom stereocenters. The van der Waals surface area contributed by atoms with Gasteiger partial charge in [-0.2, -0.15) is 0 Å². The van der Waals surface area contributed by atoms with E-state index in [9.17, 15) is 9.59 Å². The van der Waals surface area contributed by atoms with Crippen molar-refractivity contribution in [2.45, 2.75) is 0 Å². The van der Waals surface area contributed by atoms with E-state index in [1.54, 1.807) is 36.4 Å². The van der Waals surface area contributed by atoms with Crippen molar-refractivity contribution in [1.82, 2.24) is 10.9 Å². The molecule has 2 amide bonds. The van der Waals surface area contributed by atoms with Gasteiger partial charge in [-0.1, -0.05) is 6.07 Å². The van der Waals surface area contributed by atoms with Gasteiger partial charge in [0, 0.05) is 14.7 Å². The van der Waals surface area contributed by atoms with Crippen molar-refractivity contribution in [3.63, 3.8) is 0 Å². The molecule has 0 spiro atoms. The highest BCUT2D eigenvalue weighted by Crippen LogP contribution is 2.32. The van der Waals surface area contributed by atoms with Crippen molar-refractivity contribution in [3.8, 4) is 11.5 Å². The smallest absolute Gasteiger partial charge is 0.269 e. The lowest BCUT2D eigenvalue weighted by atomic mass is 10.2. The number of carbonyl (C=O) groups excluding carboxylic acids is 2. The number of hydrogen-bond acceptors (Lipinski definition) is 4. The first-order valence-electron chi connectivity index (χ1n) is 6.39. The summed E-state index contributed by atoms with van der Waals surface area (Å²) < 4.78 is 11.3. The Kier molecular flexibility index (Phi) is 4.14. The van der Waals surface area contributed by atoms with Crippen LogP contribution in [0, 0.1) is 3.57 Å².